The number of aromatic carboxylic acids is 2. The first kappa shape index (κ1) is 12.0. The number of carboxylic acid groups (broad SMARTS) is 2. The van der Waals surface area contributed by atoms with E-state index in [2.05, 4.69) is 9.97 Å². The van der Waals surface area contributed by atoms with E-state index < -0.39 is 11.9 Å². The Hall–Kier alpha value is -3.02. The zero-order chi connectivity index (χ0) is 14.3. The Bertz CT molecular complexity index is 805. The van der Waals surface area contributed by atoms with Crippen LogP contribution in [-0.2, 0) is 0 Å². The van der Waals surface area contributed by atoms with E-state index in [1.807, 2.05) is 0 Å². The number of hydrogen-bond donors (Lipinski definition) is 2. The van der Waals surface area contributed by atoms with Crippen molar-refractivity contribution in [1.29, 1.82) is 0 Å². The molecule has 0 bridgehead atoms. The molecule has 0 saturated carbocycles. The minimum atomic E-state index is -1.06. The molecule has 0 aliphatic rings. The highest BCUT2D eigenvalue weighted by molar-refractivity contribution is 6.00. The summed E-state index contributed by atoms with van der Waals surface area (Å²) < 4.78 is 0. The molecule has 0 fully saturated rings. The van der Waals surface area contributed by atoms with Gasteiger partial charge in [0.25, 0.3) is 0 Å². The largest absolute Gasteiger partial charge is 0.478 e. The monoisotopic (exact) mass is 268 g/mol. The minimum absolute atomic E-state index is 0.0826. The summed E-state index contributed by atoms with van der Waals surface area (Å²) in [6.45, 7) is 0. The number of rotatable bonds is 2. The smallest absolute Gasteiger partial charge is 0.337 e. The standard InChI is InChI=1S/C14H8N2O4/c17-13(18)9-2-7-1-8-3-10(14(19)20)6-16-12(8)4-11(7)15-5-9/h1-6H,(H,17,18)(H,19,20). The van der Waals surface area contributed by atoms with Crippen LogP contribution in [0.15, 0.2) is 36.7 Å². The molecule has 6 nitrogen and oxygen atoms in total. The van der Waals surface area contributed by atoms with Gasteiger partial charge in [-0.3, -0.25) is 9.97 Å². The molecule has 2 aromatic heterocycles. The molecule has 3 aromatic rings. The third kappa shape index (κ3) is 1.93. The molecule has 2 heterocycles. The fourth-order valence-electron chi connectivity index (χ4n) is 1.99. The van der Waals surface area contributed by atoms with Crippen LogP contribution < -0.4 is 0 Å². The predicted molar refractivity (Wildman–Crippen MR) is 71.0 cm³/mol. The maximum Gasteiger partial charge on any atom is 0.337 e. The number of hydrogen-bond acceptors (Lipinski definition) is 4. The highest BCUT2D eigenvalue weighted by Crippen LogP contribution is 2.21. The van der Waals surface area contributed by atoms with Crippen molar-refractivity contribution < 1.29 is 19.8 Å². The van der Waals surface area contributed by atoms with Gasteiger partial charge in [-0.05, 0) is 24.3 Å². The van der Waals surface area contributed by atoms with E-state index in [1.165, 1.54) is 24.5 Å². The molecule has 0 saturated heterocycles. The van der Waals surface area contributed by atoms with Crippen molar-refractivity contribution in [1.82, 2.24) is 9.97 Å². The number of fused-ring (bicyclic) bond motifs is 2. The van der Waals surface area contributed by atoms with Crippen molar-refractivity contribution in [2.75, 3.05) is 0 Å². The predicted octanol–water partition coefficient (Wildman–Crippen LogP) is 2.18. The SMILES string of the molecule is O=C(O)c1cnc2cc3ncc(C(=O)O)cc3cc2c1. The van der Waals surface area contributed by atoms with Crippen molar-refractivity contribution in [2.45, 2.75) is 0 Å². The molecule has 0 aliphatic carbocycles. The molecule has 0 amide bonds. The van der Waals surface area contributed by atoms with Crippen molar-refractivity contribution in [3.05, 3.63) is 47.8 Å². The molecular weight excluding hydrogens is 260 g/mol. The van der Waals surface area contributed by atoms with Crippen LogP contribution in [0.25, 0.3) is 21.8 Å². The number of aromatic nitrogens is 2. The first-order valence-electron chi connectivity index (χ1n) is 5.71. The highest BCUT2D eigenvalue weighted by atomic mass is 16.4. The fourth-order valence-corrected chi connectivity index (χ4v) is 1.99. The Morgan fingerprint density at radius 3 is 1.60 bits per heavy atom. The van der Waals surface area contributed by atoms with E-state index in [0.717, 1.165) is 0 Å². The van der Waals surface area contributed by atoms with Gasteiger partial charge in [0, 0.05) is 23.2 Å². The highest BCUT2D eigenvalue weighted by Gasteiger charge is 2.08. The second-order valence-electron chi connectivity index (χ2n) is 4.30. The molecule has 98 valence electrons. The van der Waals surface area contributed by atoms with Crippen molar-refractivity contribution in [3.63, 3.8) is 0 Å². The van der Waals surface area contributed by atoms with Gasteiger partial charge in [-0.25, -0.2) is 9.59 Å². The lowest BCUT2D eigenvalue weighted by molar-refractivity contribution is 0.0686. The Balaban J connectivity index is 2.29. The third-order valence-electron chi connectivity index (χ3n) is 2.98. The van der Waals surface area contributed by atoms with Gasteiger partial charge in [-0.2, -0.15) is 0 Å². The number of carbonyl (C=O) groups is 2. The number of nitrogens with zero attached hydrogens (tertiary/aromatic N) is 2. The molecule has 6 heteroatoms. The molecule has 0 spiro atoms. The van der Waals surface area contributed by atoms with Gasteiger partial charge in [0.1, 0.15) is 0 Å². The first-order chi connectivity index (χ1) is 9.54. The van der Waals surface area contributed by atoms with E-state index in [9.17, 15) is 9.59 Å². The average molecular weight is 268 g/mol. The first-order valence-corrected chi connectivity index (χ1v) is 5.71. The second-order valence-corrected chi connectivity index (χ2v) is 4.30. The molecule has 0 atom stereocenters. The lowest BCUT2D eigenvalue weighted by atomic mass is 10.1. The summed E-state index contributed by atoms with van der Waals surface area (Å²) >= 11 is 0. The summed E-state index contributed by atoms with van der Waals surface area (Å²) in [5.74, 6) is -2.12. The normalized spacial score (nSPS) is 10.8. The van der Waals surface area contributed by atoms with E-state index >= 15 is 0 Å². The van der Waals surface area contributed by atoms with Crippen LogP contribution in [0, 0.1) is 0 Å². The van der Waals surface area contributed by atoms with E-state index in [4.69, 9.17) is 10.2 Å². The van der Waals surface area contributed by atoms with E-state index in [-0.39, 0.29) is 11.1 Å². The van der Waals surface area contributed by atoms with E-state index in [1.54, 1.807) is 12.1 Å². The Morgan fingerprint density at radius 2 is 1.20 bits per heavy atom. The van der Waals surface area contributed by atoms with Crippen LogP contribution in [-0.4, -0.2) is 32.1 Å². The van der Waals surface area contributed by atoms with Gasteiger partial charge in [0.2, 0.25) is 0 Å². The van der Waals surface area contributed by atoms with Crippen LogP contribution >= 0.6 is 0 Å². The quantitative estimate of drug-likeness (QED) is 0.691. The molecule has 0 aliphatic heterocycles. The van der Waals surface area contributed by atoms with Gasteiger partial charge in [-0.1, -0.05) is 0 Å². The van der Waals surface area contributed by atoms with Gasteiger partial charge in [0.05, 0.1) is 22.2 Å². The van der Waals surface area contributed by atoms with E-state index in [0.29, 0.717) is 21.8 Å². The molecule has 1 aromatic carbocycles. The van der Waals surface area contributed by atoms with Gasteiger partial charge in [-0.15, -0.1) is 0 Å². The van der Waals surface area contributed by atoms with Gasteiger partial charge >= 0.3 is 11.9 Å². The zero-order valence-corrected chi connectivity index (χ0v) is 10.1. The van der Waals surface area contributed by atoms with Crippen LogP contribution in [0.4, 0.5) is 0 Å². The average Bonchev–Trinajstić information content (AvgIpc) is 2.43. The summed E-state index contributed by atoms with van der Waals surface area (Å²) in [6, 6.07) is 6.38. The lowest BCUT2D eigenvalue weighted by Crippen LogP contribution is -1.98. The number of benzene rings is 1. The zero-order valence-electron chi connectivity index (χ0n) is 10.1. The fraction of sp³-hybridized carbons (Fsp3) is 0. The minimum Gasteiger partial charge on any atom is -0.478 e. The Kier molecular flexibility index (Phi) is 2.57. The maximum atomic E-state index is 10.9. The summed E-state index contributed by atoms with van der Waals surface area (Å²) in [4.78, 5) is 30.0. The van der Waals surface area contributed by atoms with Crippen molar-refractivity contribution in [2.24, 2.45) is 0 Å². The van der Waals surface area contributed by atoms with Crippen LogP contribution in [0.3, 0.4) is 0 Å². The lowest BCUT2D eigenvalue weighted by Gasteiger charge is -2.03. The molecular formula is C14H8N2O4. The maximum absolute atomic E-state index is 10.9. The topological polar surface area (TPSA) is 100 Å². The molecule has 20 heavy (non-hydrogen) atoms. The molecule has 0 radical (unpaired) electrons. The summed E-state index contributed by atoms with van der Waals surface area (Å²) in [7, 11) is 0. The summed E-state index contributed by atoms with van der Waals surface area (Å²) in [6.07, 6.45) is 2.56. The number of carboxylic acids is 2. The molecule has 2 N–H and O–H groups in total. The van der Waals surface area contributed by atoms with Gasteiger partial charge < -0.3 is 10.2 Å². The second kappa shape index (κ2) is 4.27. The molecule has 3 rings (SSSR count). The summed E-state index contributed by atoms with van der Waals surface area (Å²) in [5, 5.41) is 19.1. The summed E-state index contributed by atoms with van der Waals surface area (Å²) in [5.41, 5.74) is 1.38. The van der Waals surface area contributed by atoms with Crippen LogP contribution in [0.2, 0.25) is 0 Å². The van der Waals surface area contributed by atoms with Crippen LogP contribution in [0.5, 0.6) is 0 Å². The van der Waals surface area contributed by atoms with Crippen molar-refractivity contribution >= 4 is 33.7 Å². The Morgan fingerprint density at radius 1 is 0.750 bits per heavy atom. The van der Waals surface area contributed by atoms with Gasteiger partial charge in [0.15, 0.2) is 0 Å². The third-order valence-corrected chi connectivity index (χ3v) is 2.98. The van der Waals surface area contributed by atoms with Crippen molar-refractivity contribution in [3.8, 4) is 0 Å². The molecule has 0 unspecified atom stereocenters. The number of pyridine rings is 2. The van der Waals surface area contributed by atoms with Crippen LogP contribution in [0.1, 0.15) is 20.7 Å². The Labute approximate surface area is 112 Å².